The molecule has 0 amide bonds. The first-order valence-electron chi connectivity index (χ1n) is 4.35. The number of ether oxygens (including phenoxy) is 2. The second-order valence-corrected chi connectivity index (χ2v) is 3.19. The molecule has 1 aromatic carbocycles. The number of fused-ring (bicyclic) bond motifs is 1. The highest BCUT2D eigenvalue weighted by Gasteiger charge is 2.24. The van der Waals surface area contributed by atoms with Crippen LogP contribution in [0.2, 0.25) is 0 Å². The van der Waals surface area contributed by atoms with E-state index in [0.29, 0.717) is 11.5 Å². The summed E-state index contributed by atoms with van der Waals surface area (Å²) in [7, 11) is 1.56. The molecule has 0 radical (unpaired) electrons. The largest absolute Gasteiger partial charge is 0.497 e. The van der Waals surface area contributed by atoms with Gasteiger partial charge in [0.2, 0.25) is 0 Å². The Morgan fingerprint density at radius 3 is 2.93 bits per heavy atom. The Hall–Kier alpha value is -1.26. The van der Waals surface area contributed by atoms with Gasteiger partial charge in [-0.1, -0.05) is 6.07 Å². The second kappa shape index (κ2) is 4.51. The molecule has 0 aromatic heterocycles. The lowest BCUT2D eigenvalue weighted by Gasteiger charge is -2.21. The van der Waals surface area contributed by atoms with Crippen molar-refractivity contribution < 1.29 is 14.3 Å². The van der Waals surface area contributed by atoms with Crippen molar-refractivity contribution in [3.8, 4) is 11.5 Å². The summed E-state index contributed by atoms with van der Waals surface area (Å²) >= 11 is 0. The van der Waals surface area contributed by atoms with Crippen LogP contribution in [0.4, 0.5) is 0 Å². The number of nitrogens with two attached hydrogens (primary N) is 1. The van der Waals surface area contributed by atoms with Crippen LogP contribution in [0.3, 0.4) is 0 Å². The Morgan fingerprint density at radius 1 is 1.53 bits per heavy atom. The number of esters is 1. The molecular formula is C10H12ClNO3. The molecule has 2 N–H and O–H groups in total. The summed E-state index contributed by atoms with van der Waals surface area (Å²) < 4.78 is 10.1. The summed E-state index contributed by atoms with van der Waals surface area (Å²) in [6.45, 7) is 0. The molecule has 15 heavy (non-hydrogen) atoms. The van der Waals surface area contributed by atoms with Crippen molar-refractivity contribution >= 4 is 18.4 Å². The van der Waals surface area contributed by atoms with E-state index in [-0.39, 0.29) is 30.8 Å². The number of rotatable bonds is 1. The molecule has 1 unspecified atom stereocenters. The van der Waals surface area contributed by atoms with E-state index in [9.17, 15) is 4.79 Å². The molecule has 0 bridgehead atoms. The number of methoxy groups -OCH3 is 1. The highest BCUT2D eigenvalue weighted by molar-refractivity contribution is 5.85. The van der Waals surface area contributed by atoms with E-state index in [2.05, 4.69) is 0 Å². The monoisotopic (exact) mass is 229 g/mol. The number of halogens is 1. The molecule has 1 heterocycles. The van der Waals surface area contributed by atoms with Crippen LogP contribution < -0.4 is 15.2 Å². The first-order valence-corrected chi connectivity index (χ1v) is 4.35. The summed E-state index contributed by atoms with van der Waals surface area (Å²) in [6, 6.07) is 5.03. The van der Waals surface area contributed by atoms with Crippen molar-refractivity contribution in [3.05, 3.63) is 23.8 Å². The van der Waals surface area contributed by atoms with Crippen LogP contribution in [0.15, 0.2) is 18.2 Å². The average molecular weight is 230 g/mol. The molecule has 4 nitrogen and oxygen atoms in total. The Bertz CT molecular complexity index is 381. The number of hydrogen-bond acceptors (Lipinski definition) is 4. The lowest BCUT2D eigenvalue weighted by molar-refractivity contribution is -0.135. The highest BCUT2D eigenvalue weighted by atomic mass is 35.5. The van der Waals surface area contributed by atoms with E-state index in [1.54, 1.807) is 19.2 Å². The summed E-state index contributed by atoms with van der Waals surface area (Å²) in [5.74, 6) is 0.872. The topological polar surface area (TPSA) is 61.5 Å². The fourth-order valence-corrected chi connectivity index (χ4v) is 1.49. The van der Waals surface area contributed by atoms with E-state index in [1.807, 2.05) is 6.07 Å². The molecular weight excluding hydrogens is 218 g/mol. The molecule has 82 valence electrons. The third-order valence-electron chi connectivity index (χ3n) is 2.23. The predicted octanol–water partition coefficient (Wildman–Crippen LogP) is 1.43. The molecule has 2 rings (SSSR count). The minimum atomic E-state index is -0.293. The molecule has 1 aliphatic rings. The van der Waals surface area contributed by atoms with Gasteiger partial charge in [0, 0.05) is 17.7 Å². The summed E-state index contributed by atoms with van der Waals surface area (Å²) in [5.41, 5.74) is 6.64. The zero-order valence-electron chi connectivity index (χ0n) is 8.23. The second-order valence-electron chi connectivity index (χ2n) is 3.19. The molecule has 0 spiro atoms. The average Bonchev–Trinajstić information content (AvgIpc) is 2.16. The van der Waals surface area contributed by atoms with Gasteiger partial charge in [-0.3, -0.25) is 4.79 Å². The summed E-state index contributed by atoms with van der Waals surface area (Å²) in [6.07, 6.45) is 0.235. The maximum atomic E-state index is 11.1. The standard InChI is InChI=1S/C10H11NO3.ClH/c1-13-6-2-3-7-8(11)5-10(12)14-9(7)4-6;/h2-4,8H,5,11H2,1H3;1H. The molecule has 1 aliphatic heterocycles. The third-order valence-corrected chi connectivity index (χ3v) is 2.23. The Balaban J connectivity index is 0.00000112. The van der Waals surface area contributed by atoms with Gasteiger partial charge >= 0.3 is 5.97 Å². The quantitative estimate of drug-likeness (QED) is 0.585. The molecule has 0 aliphatic carbocycles. The first kappa shape index (κ1) is 11.8. The zero-order valence-corrected chi connectivity index (χ0v) is 9.04. The van der Waals surface area contributed by atoms with E-state index < -0.39 is 0 Å². The maximum absolute atomic E-state index is 11.1. The van der Waals surface area contributed by atoms with Gasteiger partial charge in [-0.2, -0.15) is 0 Å². The molecule has 0 saturated heterocycles. The van der Waals surface area contributed by atoms with Gasteiger partial charge in [0.25, 0.3) is 0 Å². The van der Waals surface area contributed by atoms with Crippen LogP contribution in [0.25, 0.3) is 0 Å². The SMILES string of the molecule is COc1ccc2c(c1)OC(=O)CC2N.Cl. The summed E-state index contributed by atoms with van der Waals surface area (Å²) in [5, 5.41) is 0. The number of benzene rings is 1. The van der Waals surface area contributed by atoms with E-state index >= 15 is 0 Å². The van der Waals surface area contributed by atoms with Gasteiger partial charge in [-0.15, -0.1) is 12.4 Å². The number of carbonyl (C=O) groups excluding carboxylic acids is 1. The van der Waals surface area contributed by atoms with Crippen LogP contribution in [-0.4, -0.2) is 13.1 Å². The van der Waals surface area contributed by atoms with Crippen molar-refractivity contribution in [2.24, 2.45) is 5.73 Å². The van der Waals surface area contributed by atoms with Crippen LogP contribution in [-0.2, 0) is 4.79 Å². The number of hydrogen-bond donors (Lipinski definition) is 1. The van der Waals surface area contributed by atoms with Crippen LogP contribution in [0, 0.1) is 0 Å². The molecule has 0 saturated carbocycles. The highest BCUT2D eigenvalue weighted by Crippen LogP contribution is 2.33. The van der Waals surface area contributed by atoms with E-state index in [0.717, 1.165) is 5.56 Å². The Labute approximate surface area is 93.8 Å². The van der Waals surface area contributed by atoms with Crippen molar-refractivity contribution in [1.82, 2.24) is 0 Å². The molecule has 0 fully saturated rings. The smallest absolute Gasteiger partial charge is 0.313 e. The van der Waals surface area contributed by atoms with Crippen LogP contribution in [0.5, 0.6) is 11.5 Å². The minimum absolute atomic E-state index is 0. The van der Waals surface area contributed by atoms with Gasteiger partial charge in [0.05, 0.1) is 13.5 Å². The fourth-order valence-electron chi connectivity index (χ4n) is 1.49. The van der Waals surface area contributed by atoms with Crippen LogP contribution >= 0.6 is 12.4 Å². The van der Waals surface area contributed by atoms with Crippen molar-refractivity contribution in [2.75, 3.05) is 7.11 Å². The van der Waals surface area contributed by atoms with E-state index in [4.69, 9.17) is 15.2 Å². The normalized spacial score (nSPS) is 18.5. The Morgan fingerprint density at radius 2 is 2.27 bits per heavy atom. The third kappa shape index (κ3) is 2.22. The first-order chi connectivity index (χ1) is 6.70. The predicted molar refractivity (Wildman–Crippen MR) is 57.4 cm³/mol. The van der Waals surface area contributed by atoms with Gasteiger partial charge in [0.15, 0.2) is 0 Å². The van der Waals surface area contributed by atoms with Gasteiger partial charge in [-0.25, -0.2) is 0 Å². The van der Waals surface area contributed by atoms with Crippen molar-refractivity contribution in [3.63, 3.8) is 0 Å². The molecule has 5 heteroatoms. The van der Waals surface area contributed by atoms with Crippen molar-refractivity contribution in [2.45, 2.75) is 12.5 Å². The van der Waals surface area contributed by atoms with Crippen molar-refractivity contribution in [1.29, 1.82) is 0 Å². The zero-order chi connectivity index (χ0) is 10.1. The van der Waals surface area contributed by atoms with Gasteiger partial charge < -0.3 is 15.2 Å². The minimum Gasteiger partial charge on any atom is -0.497 e. The van der Waals surface area contributed by atoms with E-state index in [1.165, 1.54) is 0 Å². The number of carbonyl (C=O) groups is 1. The maximum Gasteiger partial charge on any atom is 0.313 e. The van der Waals surface area contributed by atoms with Gasteiger partial charge in [0.1, 0.15) is 11.5 Å². The molecule has 1 aromatic rings. The Kier molecular flexibility index (Phi) is 3.55. The lowest BCUT2D eigenvalue weighted by atomic mass is 10.0. The van der Waals surface area contributed by atoms with Crippen LogP contribution in [0.1, 0.15) is 18.0 Å². The fraction of sp³-hybridized carbons (Fsp3) is 0.300. The summed E-state index contributed by atoms with van der Waals surface area (Å²) in [4.78, 5) is 11.1. The lowest BCUT2D eigenvalue weighted by Crippen LogP contribution is -2.25. The van der Waals surface area contributed by atoms with Gasteiger partial charge in [-0.05, 0) is 6.07 Å². The molecule has 1 atom stereocenters.